The third-order valence-corrected chi connectivity index (χ3v) is 5.13. The summed E-state index contributed by atoms with van der Waals surface area (Å²) < 4.78 is 9.51. The molecule has 0 fully saturated rings. The summed E-state index contributed by atoms with van der Waals surface area (Å²) in [5.41, 5.74) is 2.96. The molecule has 4 aromatic heterocycles. The van der Waals surface area contributed by atoms with Gasteiger partial charge in [-0.3, -0.25) is 9.36 Å². The van der Waals surface area contributed by atoms with Crippen LogP contribution in [0.3, 0.4) is 0 Å². The SMILES string of the molecule is C.C.Clc1nc2ncccc2cc1CBr.O=P(Cl)(Cl)Cl.O=c1[nH]c2ncccc2cc1CBr. The van der Waals surface area contributed by atoms with Crippen LogP contribution in [0.5, 0.6) is 0 Å². The molecule has 0 aromatic carbocycles. The molecule has 4 rings (SSSR count). The highest BCUT2D eigenvalue weighted by atomic mass is 79.9. The summed E-state index contributed by atoms with van der Waals surface area (Å²) in [6.45, 7) is 0. The highest BCUT2D eigenvalue weighted by Gasteiger charge is 2.04. The first-order chi connectivity index (χ1) is 14.6. The standard InChI is InChI=1S/C9H6BrClN2.C9H7BrN2O.2CH4.Cl3OP/c10-5-7-4-6-2-1-3-12-9(6)13-8(7)11;10-5-7-4-6-2-1-3-11-8(6)12-9(7)13;;;1-5(2,3)4/h1-4H,5H2;1-4H,5H2,(H,11,12,13);2*1H4;. The Bertz CT molecular complexity index is 1280. The van der Waals surface area contributed by atoms with Gasteiger partial charge in [0.1, 0.15) is 10.8 Å². The molecule has 1 N–H and O–H groups in total. The molecule has 0 radical (unpaired) electrons. The van der Waals surface area contributed by atoms with E-state index in [2.05, 4.69) is 85.5 Å². The second-order valence-corrected chi connectivity index (χ2v) is 13.8. The molecule has 180 valence electrons. The smallest absolute Gasteiger partial charge is 0.306 e. The second-order valence-electron chi connectivity index (χ2n) is 5.72. The molecule has 0 saturated heterocycles. The van der Waals surface area contributed by atoms with Crippen LogP contribution >= 0.6 is 82.4 Å². The van der Waals surface area contributed by atoms with Crippen LogP contribution in [0.2, 0.25) is 5.15 Å². The molecule has 6 nitrogen and oxygen atoms in total. The Morgan fingerprint density at radius 3 is 2.00 bits per heavy atom. The van der Waals surface area contributed by atoms with Gasteiger partial charge in [-0.05, 0) is 70.1 Å². The highest BCUT2D eigenvalue weighted by Crippen LogP contribution is 2.61. The first-order valence-electron chi connectivity index (χ1n) is 8.30. The lowest BCUT2D eigenvalue weighted by molar-refractivity contribution is 0.600. The number of fused-ring (bicyclic) bond motifs is 2. The van der Waals surface area contributed by atoms with E-state index in [1.54, 1.807) is 12.4 Å². The zero-order chi connectivity index (χ0) is 23.0. The van der Waals surface area contributed by atoms with Crippen LogP contribution in [0.15, 0.2) is 53.6 Å². The third-order valence-electron chi connectivity index (χ3n) is 3.60. The molecule has 0 aliphatic carbocycles. The van der Waals surface area contributed by atoms with E-state index in [1.165, 1.54) is 0 Å². The minimum Gasteiger partial charge on any atom is -0.306 e. The van der Waals surface area contributed by atoms with Gasteiger partial charge in [-0.15, -0.1) is 0 Å². The van der Waals surface area contributed by atoms with Crippen molar-refractivity contribution in [2.75, 3.05) is 0 Å². The van der Waals surface area contributed by atoms with Crippen molar-refractivity contribution in [2.45, 2.75) is 25.5 Å². The number of halogens is 6. The van der Waals surface area contributed by atoms with Crippen LogP contribution in [-0.4, -0.2) is 19.9 Å². The van der Waals surface area contributed by atoms with Crippen LogP contribution in [0, 0.1) is 0 Å². The molecule has 13 heteroatoms. The van der Waals surface area contributed by atoms with Gasteiger partial charge in [0.2, 0.25) is 0 Å². The number of hydrogen-bond donors (Lipinski definition) is 1. The van der Waals surface area contributed by atoms with Crippen LogP contribution < -0.4 is 5.56 Å². The molecule has 0 aliphatic heterocycles. The summed E-state index contributed by atoms with van der Waals surface area (Å²) >= 11 is 26.4. The van der Waals surface area contributed by atoms with E-state index in [-0.39, 0.29) is 20.4 Å². The molecule has 0 aliphatic rings. The Balaban J connectivity index is 0.000000494. The fourth-order valence-electron chi connectivity index (χ4n) is 2.30. The normalized spacial score (nSPS) is 10.1. The van der Waals surface area contributed by atoms with Crippen molar-refractivity contribution >= 4 is 104 Å². The number of pyridine rings is 4. The number of H-pyrrole nitrogens is 1. The molecule has 0 amide bonds. The quantitative estimate of drug-likeness (QED) is 0.130. The maximum absolute atomic E-state index is 11.3. The topological polar surface area (TPSA) is 88.6 Å². The number of nitrogens with one attached hydrogen (secondary N) is 1. The molecular formula is C20H21Br2Cl4N4O2P. The molecule has 33 heavy (non-hydrogen) atoms. The van der Waals surface area contributed by atoms with Crippen molar-refractivity contribution in [1.29, 1.82) is 0 Å². The van der Waals surface area contributed by atoms with Gasteiger partial charge in [-0.2, -0.15) is 0 Å². The average Bonchev–Trinajstić information content (AvgIpc) is 2.72. The molecule has 0 bridgehead atoms. The van der Waals surface area contributed by atoms with Gasteiger partial charge in [-0.25, -0.2) is 15.0 Å². The lowest BCUT2D eigenvalue weighted by atomic mass is 10.2. The first-order valence-corrected chi connectivity index (χ1v) is 15.3. The van der Waals surface area contributed by atoms with Crippen LogP contribution in [0.1, 0.15) is 26.0 Å². The second kappa shape index (κ2) is 15.3. The maximum Gasteiger partial charge on any atom is 0.339 e. The zero-order valence-electron chi connectivity index (χ0n) is 15.4. The van der Waals surface area contributed by atoms with Gasteiger partial charge in [0.25, 0.3) is 5.56 Å². The number of aromatic nitrogens is 4. The van der Waals surface area contributed by atoms with Crippen LogP contribution in [0.25, 0.3) is 22.1 Å². The number of aromatic amines is 1. The maximum atomic E-state index is 11.3. The van der Waals surface area contributed by atoms with Gasteiger partial charge in [0.05, 0.1) is 0 Å². The molecule has 0 atom stereocenters. The van der Waals surface area contributed by atoms with Gasteiger partial charge in [0, 0.05) is 45.0 Å². The van der Waals surface area contributed by atoms with E-state index in [9.17, 15) is 9.36 Å². The lowest BCUT2D eigenvalue weighted by Gasteiger charge is -2.01. The largest absolute Gasteiger partial charge is 0.339 e. The molecule has 0 saturated carbocycles. The fourth-order valence-corrected chi connectivity index (χ4v) is 3.51. The Morgan fingerprint density at radius 1 is 0.909 bits per heavy atom. The Kier molecular flexibility index (Phi) is 15.0. The molecular weight excluding hydrogens is 661 g/mol. The zero-order valence-corrected chi connectivity index (χ0v) is 22.5. The van der Waals surface area contributed by atoms with E-state index in [4.69, 9.17) is 11.6 Å². The van der Waals surface area contributed by atoms with Crippen LogP contribution in [-0.2, 0) is 15.2 Å². The van der Waals surface area contributed by atoms with Gasteiger partial charge in [0.15, 0.2) is 5.65 Å². The number of rotatable bonds is 2. The summed E-state index contributed by atoms with van der Waals surface area (Å²) in [6.07, 6.45) is 3.37. The first kappa shape index (κ1) is 32.3. The Labute approximate surface area is 228 Å². The van der Waals surface area contributed by atoms with Gasteiger partial charge in [-0.1, -0.05) is 58.3 Å². The molecule has 0 unspecified atom stereocenters. The van der Waals surface area contributed by atoms with Crippen molar-refractivity contribution < 1.29 is 4.57 Å². The predicted molar refractivity (Wildman–Crippen MR) is 151 cm³/mol. The molecule has 0 spiro atoms. The van der Waals surface area contributed by atoms with E-state index in [0.29, 0.717) is 27.1 Å². The van der Waals surface area contributed by atoms with E-state index in [0.717, 1.165) is 21.9 Å². The summed E-state index contributed by atoms with van der Waals surface area (Å²) in [6, 6.07) is 11.5. The lowest BCUT2D eigenvalue weighted by Crippen LogP contribution is -2.10. The number of alkyl halides is 2. The minimum absolute atomic E-state index is 0. The summed E-state index contributed by atoms with van der Waals surface area (Å²) in [5.74, 6) is 0. The van der Waals surface area contributed by atoms with E-state index < -0.39 is 5.20 Å². The van der Waals surface area contributed by atoms with Crippen molar-refractivity contribution in [2.24, 2.45) is 0 Å². The van der Waals surface area contributed by atoms with E-state index >= 15 is 0 Å². The van der Waals surface area contributed by atoms with Crippen molar-refractivity contribution in [3.8, 4) is 0 Å². The fraction of sp³-hybridized carbons (Fsp3) is 0.200. The molecule has 4 aromatic rings. The summed E-state index contributed by atoms with van der Waals surface area (Å²) in [5, 5.41) is 0.539. The number of hydrogen-bond acceptors (Lipinski definition) is 5. The van der Waals surface area contributed by atoms with E-state index in [1.807, 2.05) is 36.4 Å². The van der Waals surface area contributed by atoms with Crippen molar-refractivity contribution in [3.63, 3.8) is 0 Å². The number of nitrogens with zero attached hydrogens (tertiary/aromatic N) is 3. The Hall–Kier alpha value is -0.730. The monoisotopic (exact) mass is 678 g/mol. The third kappa shape index (κ3) is 11.0. The highest BCUT2D eigenvalue weighted by molar-refractivity contribution is 9.08. The Morgan fingerprint density at radius 2 is 1.42 bits per heavy atom. The predicted octanol–water partition coefficient (Wildman–Crippen LogP) is 9.08. The summed E-state index contributed by atoms with van der Waals surface area (Å²) in [7, 11) is 0. The van der Waals surface area contributed by atoms with Gasteiger partial charge < -0.3 is 4.98 Å². The van der Waals surface area contributed by atoms with Gasteiger partial charge >= 0.3 is 5.20 Å². The summed E-state index contributed by atoms with van der Waals surface area (Å²) in [4.78, 5) is 26.4. The molecule has 4 heterocycles. The van der Waals surface area contributed by atoms with Crippen LogP contribution in [0.4, 0.5) is 0 Å². The average molecular weight is 682 g/mol. The van der Waals surface area contributed by atoms with Crippen molar-refractivity contribution in [1.82, 2.24) is 19.9 Å². The van der Waals surface area contributed by atoms with Crippen molar-refractivity contribution in [3.05, 3.63) is 75.4 Å². The minimum atomic E-state index is -3.22.